The quantitative estimate of drug-likeness (QED) is 0.752. The van der Waals surface area contributed by atoms with Gasteiger partial charge in [0.25, 0.3) is 10.0 Å². The van der Waals surface area contributed by atoms with Crippen LogP contribution in [0.1, 0.15) is 11.1 Å². The minimum Gasteiger partial charge on any atom is -0.367 e. The van der Waals surface area contributed by atoms with Gasteiger partial charge in [0.1, 0.15) is 4.21 Å². The molecule has 1 aromatic heterocycles. The van der Waals surface area contributed by atoms with Gasteiger partial charge in [-0.15, -0.1) is 11.3 Å². The third-order valence-corrected chi connectivity index (χ3v) is 7.15. The van der Waals surface area contributed by atoms with Crippen LogP contribution in [0.25, 0.3) is 0 Å². The third-order valence-electron chi connectivity index (χ3n) is 4.38. The largest absolute Gasteiger partial charge is 0.367 e. The first-order valence-electron chi connectivity index (χ1n) is 8.10. The zero-order chi connectivity index (χ0) is 17.3. The smallest absolute Gasteiger partial charge is 0.271 e. The zero-order valence-electron chi connectivity index (χ0n) is 13.6. The van der Waals surface area contributed by atoms with E-state index in [1.54, 1.807) is 17.5 Å². The highest BCUT2D eigenvalue weighted by Crippen LogP contribution is 2.26. The van der Waals surface area contributed by atoms with Crippen LogP contribution in [0, 0.1) is 0 Å². The molecule has 1 aliphatic rings. The monoisotopic (exact) mass is 370 g/mol. The normalized spacial score (nSPS) is 14.2. The van der Waals surface area contributed by atoms with E-state index in [0.29, 0.717) is 9.90 Å². The van der Waals surface area contributed by atoms with E-state index >= 15 is 0 Å². The van der Waals surface area contributed by atoms with E-state index in [-0.39, 0.29) is 0 Å². The molecule has 4 rings (SSSR count). The Kier molecular flexibility index (Phi) is 4.23. The molecule has 0 unspecified atom stereocenters. The average Bonchev–Trinajstić information content (AvgIpc) is 3.17. The van der Waals surface area contributed by atoms with Crippen LogP contribution in [0.15, 0.2) is 70.3 Å². The molecule has 6 heteroatoms. The van der Waals surface area contributed by atoms with Crippen LogP contribution in [0.5, 0.6) is 0 Å². The number of anilines is 2. The van der Waals surface area contributed by atoms with E-state index < -0.39 is 10.0 Å². The summed E-state index contributed by atoms with van der Waals surface area (Å²) >= 11 is 1.21. The van der Waals surface area contributed by atoms with Gasteiger partial charge in [-0.25, -0.2) is 8.42 Å². The van der Waals surface area contributed by atoms with Gasteiger partial charge in [-0.2, -0.15) is 0 Å². The number of benzene rings is 2. The zero-order valence-corrected chi connectivity index (χ0v) is 15.2. The van der Waals surface area contributed by atoms with Crippen molar-refractivity contribution >= 4 is 32.7 Å². The second-order valence-electron chi connectivity index (χ2n) is 6.02. The molecule has 0 fully saturated rings. The van der Waals surface area contributed by atoms with Crippen LogP contribution in [-0.2, 0) is 23.0 Å². The standard InChI is InChI=1S/C19H18N2O2S2/c22-25(23,19-6-3-13-24-19)20-17-7-9-18(10-8-17)21-12-11-15-4-1-2-5-16(15)14-21/h1-10,13,20H,11-12,14H2. The molecular formula is C19H18N2O2S2. The summed E-state index contributed by atoms with van der Waals surface area (Å²) in [6.07, 6.45) is 1.03. The van der Waals surface area contributed by atoms with Crippen molar-refractivity contribution in [2.75, 3.05) is 16.2 Å². The van der Waals surface area contributed by atoms with Crippen LogP contribution in [0.3, 0.4) is 0 Å². The molecule has 0 radical (unpaired) electrons. The predicted octanol–water partition coefficient (Wildman–Crippen LogP) is 4.11. The lowest BCUT2D eigenvalue weighted by Gasteiger charge is -2.30. The van der Waals surface area contributed by atoms with Crippen LogP contribution < -0.4 is 9.62 Å². The average molecular weight is 370 g/mol. The van der Waals surface area contributed by atoms with Crippen molar-refractivity contribution < 1.29 is 8.42 Å². The van der Waals surface area contributed by atoms with E-state index in [1.807, 2.05) is 24.3 Å². The molecule has 0 aliphatic carbocycles. The van der Waals surface area contributed by atoms with E-state index in [9.17, 15) is 8.42 Å². The first-order chi connectivity index (χ1) is 12.1. The highest BCUT2D eigenvalue weighted by atomic mass is 32.2. The van der Waals surface area contributed by atoms with Crippen molar-refractivity contribution in [3.63, 3.8) is 0 Å². The van der Waals surface area contributed by atoms with Crippen molar-refractivity contribution in [2.45, 2.75) is 17.2 Å². The maximum absolute atomic E-state index is 12.3. The Hall–Kier alpha value is -2.31. The Balaban J connectivity index is 1.50. The number of fused-ring (bicyclic) bond motifs is 1. The Morgan fingerprint density at radius 1 is 0.920 bits per heavy atom. The molecule has 3 aromatic rings. The van der Waals surface area contributed by atoms with Gasteiger partial charge in [0.15, 0.2) is 0 Å². The molecule has 128 valence electrons. The highest BCUT2D eigenvalue weighted by Gasteiger charge is 2.17. The van der Waals surface area contributed by atoms with Crippen molar-refractivity contribution in [1.29, 1.82) is 0 Å². The fourth-order valence-electron chi connectivity index (χ4n) is 3.08. The molecule has 2 aromatic carbocycles. The lowest BCUT2D eigenvalue weighted by Crippen LogP contribution is -2.30. The summed E-state index contributed by atoms with van der Waals surface area (Å²) in [5, 5.41) is 1.76. The molecule has 0 amide bonds. The number of nitrogens with zero attached hydrogens (tertiary/aromatic N) is 1. The number of rotatable bonds is 4. The van der Waals surface area contributed by atoms with Crippen LogP contribution in [0.4, 0.5) is 11.4 Å². The summed E-state index contributed by atoms with van der Waals surface area (Å²) < 4.78 is 27.5. The molecule has 2 heterocycles. The molecule has 0 spiro atoms. The molecule has 25 heavy (non-hydrogen) atoms. The lowest BCUT2D eigenvalue weighted by molar-refractivity contribution is 0.603. The molecule has 0 bridgehead atoms. The highest BCUT2D eigenvalue weighted by molar-refractivity contribution is 7.94. The van der Waals surface area contributed by atoms with Crippen LogP contribution >= 0.6 is 11.3 Å². The Morgan fingerprint density at radius 2 is 1.68 bits per heavy atom. The van der Waals surface area contributed by atoms with Crippen molar-refractivity contribution in [3.8, 4) is 0 Å². The third kappa shape index (κ3) is 3.41. The van der Waals surface area contributed by atoms with E-state index in [0.717, 1.165) is 25.2 Å². The minimum absolute atomic E-state index is 0.323. The maximum atomic E-state index is 12.3. The van der Waals surface area contributed by atoms with Crippen LogP contribution in [-0.4, -0.2) is 15.0 Å². The summed E-state index contributed by atoms with van der Waals surface area (Å²) in [6, 6.07) is 19.4. The van der Waals surface area contributed by atoms with Gasteiger partial charge in [-0.05, 0) is 53.3 Å². The van der Waals surface area contributed by atoms with Crippen molar-refractivity contribution in [3.05, 3.63) is 77.2 Å². The number of nitrogens with one attached hydrogen (secondary N) is 1. The maximum Gasteiger partial charge on any atom is 0.271 e. The summed E-state index contributed by atoms with van der Waals surface area (Å²) in [4.78, 5) is 2.32. The number of sulfonamides is 1. The van der Waals surface area contributed by atoms with E-state index in [1.165, 1.54) is 22.5 Å². The molecular weight excluding hydrogens is 352 g/mol. The second-order valence-corrected chi connectivity index (χ2v) is 8.88. The summed E-state index contributed by atoms with van der Waals surface area (Å²) in [5.74, 6) is 0. The first kappa shape index (κ1) is 16.2. The van der Waals surface area contributed by atoms with E-state index in [4.69, 9.17) is 0 Å². The number of thiophene rings is 1. The first-order valence-corrected chi connectivity index (χ1v) is 10.5. The fraction of sp³-hybridized carbons (Fsp3) is 0.158. The molecule has 0 saturated heterocycles. The van der Waals surface area contributed by atoms with Gasteiger partial charge in [0.05, 0.1) is 0 Å². The molecule has 1 N–H and O–H groups in total. The van der Waals surface area contributed by atoms with Crippen molar-refractivity contribution in [2.24, 2.45) is 0 Å². The second kappa shape index (κ2) is 6.54. The minimum atomic E-state index is -3.49. The molecule has 1 aliphatic heterocycles. The van der Waals surface area contributed by atoms with Gasteiger partial charge in [0, 0.05) is 24.5 Å². The molecule has 0 atom stereocenters. The SMILES string of the molecule is O=S(=O)(Nc1ccc(N2CCc3ccccc3C2)cc1)c1cccs1. The van der Waals surface area contributed by atoms with Crippen LogP contribution in [0.2, 0.25) is 0 Å². The molecule has 0 saturated carbocycles. The Labute approximate surface area is 151 Å². The van der Waals surface area contributed by atoms with Gasteiger partial charge in [0.2, 0.25) is 0 Å². The summed E-state index contributed by atoms with van der Waals surface area (Å²) in [7, 11) is -3.49. The predicted molar refractivity (Wildman–Crippen MR) is 103 cm³/mol. The van der Waals surface area contributed by atoms with Crippen molar-refractivity contribution in [1.82, 2.24) is 0 Å². The van der Waals surface area contributed by atoms with Gasteiger partial charge in [-0.1, -0.05) is 30.3 Å². The fourth-order valence-corrected chi connectivity index (χ4v) is 5.13. The van der Waals surface area contributed by atoms with Gasteiger partial charge >= 0.3 is 0 Å². The van der Waals surface area contributed by atoms with E-state index in [2.05, 4.69) is 33.9 Å². The summed E-state index contributed by atoms with van der Waals surface area (Å²) in [5.41, 5.74) is 4.46. The topological polar surface area (TPSA) is 49.4 Å². The number of hydrogen-bond acceptors (Lipinski definition) is 4. The van der Waals surface area contributed by atoms with Gasteiger partial charge in [-0.3, -0.25) is 4.72 Å². The Bertz CT molecular complexity index is 965. The lowest BCUT2D eigenvalue weighted by atomic mass is 9.99. The Morgan fingerprint density at radius 3 is 2.40 bits per heavy atom. The van der Waals surface area contributed by atoms with Gasteiger partial charge < -0.3 is 4.90 Å². The number of hydrogen-bond donors (Lipinski definition) is 1. The summed E-state index contributed by atoms with van der Waals surface area (Å²) in [6.45, 7) is 1.85. The molecule has 4 nitrogen and oxygen atoms in total.